The molecule has 0 unspecified atom stereocenters. The van der Waals surface area contributed by atoms with Crippen LogP contribution in [0.15, 0.2) is 24.3 Å². The van der Waals surface area contributed by atoms with Gasteiger partial charge in [-0.05, 0) is 17.7 Å². The minimum atomic E-state index is -4.96. The van der Waals surface area contributed by atoms with Gasteiger partial charge in [-0.15, -0.1) is 0 Å². The Balaban J connectivity index is 3.06. The van der Waals surface area contributed by atoms with Crippen LogP contribution in [0.2, 0.25) is 0 Å². The molecule has 0 heterocycles. The predicted molar refractivity (Wildman–Crippen MR) is 52.9 cm³/mol. The van der Waals surface area contributed by atoms with E-state index in [1.807, 2.05) is 0 Å². The molecule has 3 nitrogen and oxygen atoms in total. The van der Waals surface area contributed by atoms with Gasteiger partial charge >= 0.3 is 12.1 Å². The summed E-state index contributed by atoms with van der Waals surface area (Å²) in [6, 6.07) is 3.73. The summed E-state index contributed by atoms with van der Waals surface area (Å²) in [6.45, 7) is 0. The highest BCUT2D eigenvalue weighted by Gasteiger charge is 2.50. The summed E-state index contributed by atoms with van der Waals surface area (Å²) >= 11 is 0. The van der Waals surface area contributed by atoms with Crippen molar-refractivity contribution in [3.63, 3.8) is 0 Å². The van der Waals surface area contributed by atoms with Crippen LogP contribution in [0.25, 0.3) is 0 Å². The number of esters is 1. The Labute approximate surface area is 100.0 Å². The van der Waals surface area contributed by atoms with Crippen LogP contribution in [0.1, 0.15) is 11.7 Å². The molecule has 0 radical (unpaired) electrons. The molecule has 0 spiro atoms. The van der Waals surface area contributed by atoms with Gasteiger partial charge in [-0.25, -0.2) is 4.39 Å². The van der Waals surface area contributed by atoms with Gasteiger partial charge in [0.2, 0.25) is 0 Å². The number of carbonyl (C=O) groups is 1. The van der Waals surface area contributed by atoms with Gasteiger partial charge in [0.25, 0.3) is 0 Å². The first-order chi connectivity index (χ1) is 8.27. The van der Waals surface area contributed by atoms with Crippen molar-refractivity contribution in [2.75, 3.05) is 7.11 Å². The molecule has 18 heavy (non-hydrogen) atoms. The predicted octanol–water partition coefficient (Wildman–Crippen LogP) is 2.21. The molecule has 0 saturated carbocycles. The fraction of sp³-hybridized carbons (Fsp3) is 0.364. The van der Waals surface area contributed by atoms with Crippen LogP contribution in [0.3, 0.4) is 0 Å². The van der Waals surface area contributed by atoms with E-state index in [0.29, 0.717) is 0 Å². The molecule has 7 heteroatoms. The summed E-state index contributed by atoms with van der Waals surface area (Å²) < 4.78 is 54.5. The van der Waals surface area contributed by atoms with E-state index in [-0.39, 0.29) is 5.56 Å². The van der Waals surface area contributed by atoms with Crippen molar-refractivity contribution in [2.45, 2.75) is 12.3 Å². The van der Waals surface area contributed by atoms with E-state index in [4.69, 9.17) is 0 Å². The van der Waals surface area contributed by atoms with Crippen molar-refractivity contribution >= 4 is 5.97 Å². The van der Waals surface area contributed by atoms with E-state index < -0.39 is 30.0 Å². The summed E-state index contributed by atoms with van der Waals surface area (Å²) in [7, 11) is 0.790. The number of hydrogen-bond donors (Lipinski definition) is 1. The summed E-state index contributed by atoms with van der Waals surface area (Å²) in [5.74, 6) is -4.96. The molecule has 0 fully saturated rings. The van der Waals surface area contributed by atoms with Crippen molar-refractivity contribution in [3.8, 4) is 0 Å². The van der Waals surface area contributed by atoms with E-state index in [0.717, 1.165) is 31.4 Å². The van der Waals surface area contributed by atoms with E-state index in [9.17, 15) is 27.5 Å². The number of rotatable bonds is 3. The summed E-state index contributed by atoms with van der Waals surface area (Å²) in [6.07, 6.45) is -7.10. The topological polar surface area (TPSA) is 46.5 Å². The van der Waals surface area contributed by atoms with Crippen molar-refractivity contribution < 1.29 is 32.2 Å². The number of ether oxygens (including phenoxy) is 1. The highest BCUT2D eigenvalue weighted by atomic mass is 19.4. The lowest BCUT2D eigenvalue weighted by molar-refractivity contribution is -0.214. The number of hydrogen-bond acceptors (Lipinski definition) is 3. The van der Waals surface area contributed by atoms with Crippen LogP contribution in [0.5, 0.6) is 0 Å². The normalized spacial score (nSPS) is 15.0. The Morgan fingerprint density at radius 1 is 1.28 bits per heavy atom. The maximum Gasteiger partial charge on any atom is 0.405 e. The first kappa shape index (κ1) is 14.4. The largest absolute Gasteiger partial charge is 0.468 e. The Kier molecular flexibility index (Phi) is 4.28. The SMILES string of the molecule is COC(=O)[C@@H]([C@H](O)c1ccc(F)cc1)C(F)(F)F. The lowest BCUT2D eigenvalue weighted by Gasteiger charge is -2.23. The van der Waals surface area contributed by atoms with Crippen molar-refractivity contribution in [1.29, 1.82) is 0 Å². The second kappa shape index (κ2) is 5.34. The van der Waals surface area contributed by atoms with Crippen LogP contribution >= 0.6 is 0 Å². The van der Waals surface area contributed by atoms with Crippen LogP contribution in [-0.4, -0.2) is 24.4 Å². The molecular formula is C11H10F4O3. The fourth-order valence-electron chi connectivity index (χ4n) is 1.42. The summed E-state index contributed by atoms with van der Waals surface area (Å²) in [4.78, 5) is 11.1. The van der Waals surface area contributed by atoms with Gasteiger partial charge < -0.3 is 9.84 Å². The van der Waals surface area contributed by atoms with Crippen LogP contribution in [0, 0.1) is 11.7 Å². The van der Waals surface area contributed by atoms with Gasteiger partial charge in [-0.2, -0.15) is 13.2 Å². The third kappa shape index (κ3) is 3.19. The zero-order chi connectivity index (χ0) is 13.9. The molecular weight excluding hydrogens is 256 g/mol. The Morgan fingerprint density at radius 2 is 1.78 bits per heavy atom. The highest BCUT2D eigenvalue weighted by molar-refractivity contribution is 5.74. The zero-order valence-corrected chi connectivity index (χ0v) is 9.24. The third-order valence-corrected chi connectivity index (χ3v) is 2.34. The van der Waals surface area contributed by atoms with Gasteiger partial charge in [0, 0.05) is 0 Å². The minimum absolute atomic E-state index is 0.218. The first-order valence-electron chi connectivity index (χ1n) is 4.85. The average molecular weight is 266 g/mol. The van der Waals surface area contributed by atoms with Crippen LogP contribution in [0.4, 0.5) is 17.6 Å². The first-order valence-corrected chi connectivity index (χ1v) is 4.85. The van der Waals surface area contributed by atoms with Crippen molar-refractivity contribution in [3.05, 3.63) is 35.6 Å². The lowest BCUT2D eigenvalue weighted by Crippen LogP contribution is -2.36. The number of benzene rings is 1. The smallest absolute Gasteiger partial charge is 0.405 e. The maximum absolute atomic E-state index is 12.6. The minimum Gasteiger partial charge on any atom is -0.468 e. The molecule has 2 atom stereocenters. The molecule has 1 aromatic rings. The molecule has 1 aromatic carbocycles. The van der Waals surface area contributed by atoms with E-state index >= 15 is 0 Å². The number of carbonyl (C=O) groups excluding carboxylic acids is 1. The van der Waals surface area contributed by atoms with Gasteiger partial charge in [0.1, 0.15) is 11.9 Å². The molecule has 0 aliphatic carbocycles. The Bertz CT molecular complexity index is 413. The van der Waals surface area contributed by atoms with Crippen molar-refractivity contribution in [2.24, 2.45) is 5.92 Å². The number of alkyl halides is 3. The molecule has 0 aromatic heterocycles. The van der Waals surface area contributed by atoms with E-state index in [2.05, 4.69) is 4.74 Å². The molecule has 0 saturated heterocycles. The molecule has 0 bridgehead atoms. The maximum atomic E-state index is 12.6. The summed E-state index contributed by atoms with van der Waals surface area (Å²) in [5.41, 5.74) is -0.218. The second-order valence-electron chi connectivity index (χ2n) is 3.54. The monoisotopic (exact) mass is 266 g/mol. The fourth-order valence-corrected chi connectivity index (χ4v) is 1.42. The molecule has 1 rings (SSSR count). The van der Waals surface area contributed by atoms with Gasteiger partial charge in [-0.3, -0.25) is 4.79 Å². The molecule has 0 amide bonds. The molecule has 0 aliphatic rings. The Morgan fingerprint density at radius 3 is 2.17 bits per heavy atom. The van der Waals surface area contributed by atoms with E-state index in [1.165, 1.54) is 0 Å². The highest BCUT2D eigenvalue weighted by Crippen LogP contribution is 2.36. The number of aliphatic hydroxyl groups is 1. The van der Waals surface area contributed by atoms with Gasteiger partial charge in [0.15, 0.2) is 5.92 Å². The lowest BCUT2D eigenvalue weighted by atomic mass is 9.95. The van der Waals surface area contributed by atoms with Crippen LogP contribution < -0.4 is 0 Å². The van der Waals surface area contributed by atoms with Crippen LogP contribution in [-0.2, 0) is 9.53 Å². The molecule has 0 aliphatic heterocycles. The average Bonchev–Trinajstić information content (AvgIpc) is 2.27. The zero-order valence-electron chi connectivity index (χ0n) is 9.24. The van der Waals surface area contributed by atoms with Gasteiger partial charge in [-0.1, -0.05) is 12.1 Å². The second-order valence-corrected chi connectivity index (χ2v) is 3.54. The summed E-state index contributed by atoms with van der Waals surface area (Å²) in [5, 5.41) is 9.57. The molecule has 1 N–H and O–H groups in total. The van der Waals surface area contributed by atoms with Gasteiger partial charge in [0.05, 0.1) is 7.11 Å². The quantitative estimate of drug-likeness (QED) is 0.674. The van der Waals surface area contributed by atoms with Crippen molar-refractivity contribution in [1.82, 2.24) is 0 Å². The Hall–Kier alpha value is -1.63. The number of methoxy groups -OCH3 is 1. The third-order valence-electron chi connectivity index (χ3n) is 2.34. The molecule has 100 valence electrons. The number of halogens is 4. The standard InChI is InChI=1S/C11H10F4O3/c1-18-10(17)8(11(13,14)15)9(16)6-2-4-7(12)5-3-6/h2-5,8-9,16H,1H3/t8-,9-/m1/s1. The van der Waals surface area contributed by atoms with E-state index in [1.54, 1.807) is 0 Å². The number of aliphatic hydroxyl groups excluding tert-OH is 1.